The summed E-state index contributed by atoms with van der Waals surface area (Å²) in [5.41, 5.74) is 0.808. The fourth-order valence-corrected chi connectivity index (χ4v) is 1.04. The Morgan fingerprint density at radius 1 is 1.45 bits per heavy atom. The topological polar surface area (TPSA) is 64.1 Å². The molecule has 1 aromatic heterocycles. The number of hydrogen-bond donors (Lipinski definition) is 2. The molecule has 0 fully saturated rings. The highest BCUT2D eigenvalue weighted by molar-refractivity contribution is 5.79. The van der Waals surface area contributed by atoms with Crippen molar-refractivity contribution >= 4 is 10.9 Å². The molecule has 0 aliphatic rings. The molecule has 2 rings (SSSR count). The molecule has 56 valence electrons. The van der Waals surface area contributed by atoms with Crippen LogP contribution in [0.4, 0.5) is 0 Å². The number of phenolic OH excluding ortho intramolecular Hbond substituents is 1. The van der Waals surface area contributed by atoms with Crippen molar-refractivity contribution in [2.75, 3.05) is 5.84 Å². The minimum absolute atomic E-state index is 0.227. The van der Waals surface area contributed by atoms with Crippen molar-refractivity contribution in [1.82, 2.24) is 9.89 Å². The molecule has 0 saturated heterocycles. The van der Waals surface area contributed by atoms with E-state index < -0.39 is 0 Å². The molecule has 11 heavy (non-hydrogen) atoms. The normalized spacial score (nSPS) is 10.5. The largest absolute Gasteiger partial charge is 0.508 e. The molecule has 0 aliphatic heterocycles. The first kappa shape index (κ1) is 6.03. The monoisotopic (exact) mass is 149 g/mol. The van der Waals surface area contributed by atoms with E-state index in [1.54, 1.807) is 24.4 Å². The van der Waals surface area contributed by atoms with Gasteiger partial charge in [0.1, 0.15) is 5.75 Å². The van der Waals surface area contributed by atoms with E-state index in [1.165, 1.54) is 4.79 Å². The van der Waals surface area contributed by atoms with Crippen LogP contribution in [0.25, 0.3) is 10.9 Å². The smallest absolute Gasteiger partial charge is 0.116 e. The lowest BCUT2D eigenvalue weighted by molar-refractivity contribution is 0.476. The predicted molar refractivity (Wildman–Crippen MR) is 41.5 cm³/mol. The van der Waals surface area contributed by atoms with E-state index in [9.17, 15) is 0 Å². The number of aromatic hydroxyl groups is 1. The van der Waals surface area contributed by atoms with E-state index >= 15 is 0 Å². The molecule has 1 aromatic carbocycles. The first-order valence-electron chi connectivity index (χ1n) is 3.19. The van der Waals surface area contributed by atoms with E-state index in [1.807, 2.05) is 0 Å². The van der Waals surface area contributed by atoms with Crippen molar-refractivity contribution in [2.24, 2.45) is 0 Å². The summed E-state index contributed by atoms with van der Waals surface area (Å²) in [7, 11) is 0. The van der Waals surface area contributed by atoms with Gasteiger partial charge in [0.2, 0.25) is 0 Å². The summed E-state index contributed by atoms with van der Waals surface area (Å²) in [6, 6.07) is 4.91. The maximum absolute atomic E-state index is 9.06. The Hall–Kier alpha value is -1.71. The Morgan fingerprint density at radius 2 is 2.27 bits per heavy atom. The van der Waals surface area contributed by atoms with Crippen molar-refractivity contribution in [3.63, 3.8) is 0 Å². The lowest BCUT2D eigenvalue weighted by atomic mass is 10.2. The molecule has 3 N–H and O–H groups in total. The zero-order chi connectivity index (χ0) is 7.84. The molecule has 0 atom stereocenters. The quantitative estimate of drug-likeness (QED) is 0.535. The molecule has 0 radical (unpaired) electrons. The number of benzene rings is 1. The molecule has 0 saturated carbocycles. The first-order chi connectivity index (χ1) is 5.27. The standard InChI is InChI=1S/C7H7N3O/c8-10-7-2-1-6(11)3-5(7)4-9-10/h1-4,11H,8H2. The van der Waals surface area contributed by atoms with Gasteiger partial charge in [-0.15, -0.1) is 0 Å². The van der Waals surface area contributed by atoms with Crippen molar-refractivity contribution in [1.29, 1.82) is 0 Å². The SMILES string of the molecule is Nn1ncc2cc(O)ccc21. The van der Waals surface area contributed by atoms with Crippen LogP contribution in [0.15, 0.2) is 24.4 Å². The average Bonchev–Trinajstić information content (AvgIpc) is 2.32. The summed E-state index contributed by atoms with van der Waals surface area (Å²) in [6.45, 7) is 0. The molecular weight excluding hydrogens is 142 g/mol. The summed E-state index contributed by atoms with van der Waals surface area (Å²) >= 11 is 0. The molecule has 4 nitrogen and oxygen atoms in total. The van der Waals surface area contributed by atoms with Gasteiger partial charge in [0.05, 0.1) is 11.7 Å². The number of rotatable bonds is 0. The highest BCUT2D eigenvalue weighted by Gasteiger charge is 1.98. The second-order valence-corrected chi connectivity index (χ2v) is 2.33. The molecule has 0 aliphatic carbocycles. The predicted octanol–water partition coefficient (Wildman–Crippen LogP) is 0.456. The van der Waals surface area contributed by atoms with Crippen molar-refractivity contribution < 1.29 is 5.11 Å². The van der Waals surface area contributed by atoms with Crippen LogP contribution in [0.2, 0.25) is 0 Å². The maximum Gasteiger partial charge on any atom is 0.116 e. The number of aromatic nitrogens is 2. The third-order valence-electron chi connectivity index (χ3n) is 1.58. The highest BCUT2D eigenvalue weighted by atomic mass is 16.3. The van der Waals surface area contributed by atoms with E-state index in [0.717, 1.165) is 10.9 Å². The Balaban J connectivity index is 2.86. The Kier molecular flexibility index (Phi) is 1.03. The Bertz CT molecular complexity index is 393. The van der Waals surface area contributed by atoms with Crippen LogP contribution in [0.3, 0.4) is 0 Å². The molecule has 0 bridgehead atoms. The number of hydrogen-bond acceptors (Lipinski definition) is 3. The summed E-state index contributed by atoms with van der Waals surface area (Å²) < 4.78 is 0. The molecule has 0 unspecified atom stereocenters. The van der Waals surface area contributed by atoms with Crippen LogP contribution < -0.4 is 5.84 Å². The average molecular weight is 149 g/mol. The third-order valence-corrected chi connectivity index (χ3v) is 1.58. The summed E-state index contributed by atoms with van der Waals surface area (Å²) in [6.07, 6.45) is 1.61. The van der Waals surface area contributed by atoms with Gasteiger partial charge in [-0.1, -0.05) is 0 Å². The summed E-state index contributed by atoms with van der Waals surface area (Å²) in [4.78, 5) is 1.27. The molecular formula is C7H7N3O. The Labute approximate surface area is 62.8 Å². The molecule has 1 heterocycles. The highest BCUT2D eigenvalue weighted by Crippen LogP contribution is 2.17. The van der Waals surface area contributed by atoms with Gasteiger partial charge in [0.25, 0.3) is 0 Å². The maximum atomic E-state index is 9.06. The third kappa shape index (κ3) is 0.797. The van der Waals surface area contributed by atoms with Gasteiger partial charge in [0, 0.05) is 5.39 Å². The van der Waals surface area contributed by atoms with Crippen LogP contribution >= 0.6 is 0 Å². The van der Waals surface area contributed by atoms with Crippen LogP contribution in [0.5, 0.6) is 5.75 Å². The van der Waals surface area contributed by atoms with Crippen LogP contribution in [0, 0.1) is 0 Å². The molecule has 4 heteroatoms. The second-order valence-electron chi connectivity index (χ2n) is 2.33. The number of phenols is 1. The van der Waals surface area contributed by atoms with Gasteiger partial charge in [-0.05, 0) is 18.2 Å². The minimum Gasteiger partial charge on any atom is -0.508 e. The molecule has 0 spiro atoms. The van der Waals surface area contributed by atoms with Gasteiger partial charge in [-0.3, -0.25) is 0 Å². The van der Waals surface area contributed by atoms with E-state index in [2.05, 4.69) is 5.10 Å². The van der Waals surface area contributed by atoms with Crippen molar-refractivity contribution in [3.8, 4) is 5.75 Å². The van der Waals surface area contributed by atoms with Gasteiger partial charge >= 0.3 is 0 Å². The number of nitrogens with zero attached hydrogens (tertiary/aromatic N) is 2. The number of nitrogen functional groups attached to an aromatic ring is 1. The van der Waals surface area contributed by atoms with Crippen molar-refractivity contribution in [3.05, 3.63) is 24.4 Å². The van der Waals surface area contributed by atoms with E-state index in [0.29, 0.717) is 0 Å². The van der Waals surface area contributed by atoms with Gasteiger partial charge in [-0.2, -0.15) is 9.89 Å². The van der Waals surface area contributed by atoms with Crippen LogP contribution in [-0.2, 0) is 0 Å². The Morgan fingerprint density at radius 3 is 3.09 bits per heavy atom. The second kappa shape index (κ2) is 1.88. The fourth-order valence-electron chi connectivity index (χ4n) is 1.04. The fraction of sp³-hybridized carbons (Fsp3) is 0. The van der Waals surface area contributed by atoms with Gasteiger partial charge in [-0.25, -0.2) is 0 Å². The van der Waals surface area contributed by atoms with Crippen LogP contribution in [-0.4, -0.2) is 15.0 Å². The first-order valence-corrected chi connectivity index (χ1v) is 3.19. The lowest BCUT2D eigenvalue weighted by Crippen LogP contribution is -2.08. The zero-order valence-electron chi connectivity index (χ0n) is 5.73. The summed E-state index contributed by atoms with van der Waals surface area (Å²) in [5.74, 6) is 5.68. The van der Waals surface area contributed by atoms with E-state index in [4.69, 9.17) is 10.9 Å². The summed E-state index contributed by atoms with van der Waals surface area (Å²) in [5, 5.41) is 13.7. The minimum atomic E-state index is 0.227. The zero-order valence-corrected chi connectivity index (χ0v) is 5.73. The lowest BCUT2D eigenvalue weighted by Gasteiger charge is -1.93. The van der Waals surface area contributed by atoms with E-state index in [-0.39, 0.29) is 5.75 Å². The van der Waals surface area contributed by atoms with Gasteiger partial charge < -0.3 is 10.9 Å². The van der Waals surface area contributed by atoms with Crippen LogP contribution in [0.1, 0.15) is 0 Å². The van der Waals surface area contributed by atoms with Crippen molar-refractivity contribution in [2.45, 2.75) is 0 Å². The number of nitrogens with two attached hydrogens (primary N) is 1. The molecule has 2 aromatic rings. The number of fused-ring (bicyclic) bond motifs is 1. The molecule has 0 amide bonds. The van der Waals surface area contributed by atoms with Gasteiger partial charge in [0.15, 0.2) is 0 Å².